The molecule has 1 aromatic rings. The molecule has 0 saturated carbocycles. The molecule has 0 spiro atoms. The molecule has 2 aliphatic heterocycles. The van der Waals surface area contributed by atoms with E-state index in [9.17, 15) is 14.0 Å². The number of hydrogen-bond donors (Lipinski definition) is 1. The molecule has 2 amide bonds. The molecule has 5 nitrogen and oxygen atoms in total. The number of piperidine rings is 1. The van der Waals surface area contributed by atoms with Gasteiger partial charge in [0, 0.05) is 13.1 Å². The fourth-order valence-corrected chi connectivity index (χ4v) is 3.36. The van der Waals surface area contributed by atoms with Crippen molar-refractivity contribution in [3.05, 3.63) is 29.6 Å². The molecule has 22 heavy (non-hydrogen) atoms. The van der Waals surface area contributed by atoms with E-state index in [1.54, 1.807) is 11.0 Å². The molecular formula is C16H19FN2O3. The first kappa shape index (κ1) is 14.8. The van der Waals surface area contributed by atoms with Crippen LogP contribution in [0, 0.1) is 11.7 Å². The smallest absolute Gasteiger partial charge is 0.227 e. The number of carbonyl (C=O) groups excluding carboxylic acids is 2. The first-order valence-electron chi connectivity index (χ1n) is 7.49. The molecule has 1 N–H and O–H groups in total. The molecule has 0 unspecified atom stereocenters. The Hall–Kier alpha value is -2.11. The van der Waals surface area contributed by atoms with Gasteiger partial charge in [-0.05, 0) is 30.5 Å². The van der Waals surface area contributed by atoms with Crippen LogP contribution in [-0.4, -0.2) is 43.0 Å². The van der Waals surface area contributed by atoms with Gasteiger partial charge in [0.2, 0.25) is 11.8 Å². The van der Waals surface area contributed by atoms with Gasteiger partial charge in [0.15, 0.2) is 11.6 Å². The molecule has 6 heteroatoms. The predicted molar refractivity (Wildman–Crippen MR) is 77.9 cm³/mol. The van der Waals surface area contributed by atoms with Crippen LogP contribution in [0.15, 0.2) is 18.2 Å². The lowest BCUT2D eigenvalue weighted by Crippen LogP contribution is -2.49. The summed E-state index contributed by atoms with van der Waals surface area (Å²) in [5.74, 6) is -0.416. The van der Waals surface area contributed by atoms with Crippen LogP contribution in [0.3, 0.4) is 0 Å². The molecule has 2 aliphatic rings. The summed E-state index contributed by atoms with van der Waals surface area (Å²) in [7, 11) is 1.40. The average Bonchev–Trinajstić information content (AvgIpc) is 2.89. The summed E-state index contributed by atoms with van der Waals surface area (Å²) in [6.45, 7) is 1.18. The molecule has 2 heterocycles. The fraction of sp³-hybridized carbons (Fsp3) is 0.500. The van der Waals surface area contributed by atoms with E-state index in [0.29, 0.717) is 18.7 Å². The number of likely N-dealkylation sites (tertiary alicyclic amines) is 1. The molecule has 0 bridgehead atoms. The number of rotatable bonds is 3. The second-order valence-corrected chi connectivity index (χ2v) is 5.79. The van der Waals surface area contributed by atoms with Crippen molar-refractivity contribution in [2.45, 2.75) is 25.3 Å². The molecule has 118 valence electrons. The number of benzene rings is 1. The first-order chi connectivity index (χ1) is 10.6. The lowest BCUT2D eigenvalue weighted by molar-refractivity contribution is -0.136. The van der Waals surface area contributed by atoms with Gasteiger partial charge in [0.05, 0.1) is 25.5 Å². The fourth-order valence-electron chi connectivity index (χ4n) is 3.36. The van der Waals surface area contributed by atoms with Crippen molar-refractivity contribution in [2.75, 3.05) is 20.2 Å². The first-order valence-corrected chi connectivity index (χ1v) is 7.49. The van der Waals surface area contributed by atoms with Crippen LogP contribution >= 0.6 is 0 Å². The van der Waals surface area contributed by atoms with Gasteiger partial charge in [0.1, 0.15) is 0 Å². The molecule has 0 aliphatic carbocycles. The van der Waals surface area contributed by atoms with E-state index >= 15 is 0 Å². The summed E-state index contributed by atoms with van der Waals surface area (Å²) in [4.78, 5) is 26.0. The van der Waals surface area contributed by atoms with Crippen LogP contribution in [0.4, 0.5) is 4.39 Å². The van der Waals surface area contributed by atoms with Crippen LogP contribution in [0.2, 0.25) is 0 Å². The number of hydrogen-bond acceptors (Lipinski definition) is 3. The minimum absolute atomic E-state index is 0.0398. The van der Waals surface area contributed by atoms with Gasteiger partial charge in [0.25, 0.3) is 0 Å². The quantitative estimate of drug-likeness (QED) is 0.910. The van der Waals surface area contributed by atoms with Gasteiger partial charge in [-0.2, -0.15) is 0 Å². The largest absolute Gasteiger partial charge is 0.494 e. The Bertz CT molecular complexity index is 605. The topological polar surface area (TPSA) is 58.6 Å². The number of halogens is 1. The lowest BCUT2D eigenvalue weighted by atomic mass is 9.91. The molecule has 3 rings (SSSR count). The van der Waals surface area contributed by atoms with Crippen LogP contribution in [-0.2, 0) is 16.0 Å². The van der Waals surface area contributed by atoms with Gasteiger partial charge >= 0.3 is 0 Å². The third kappa shape index (κ3) is 2.65. The summed E-state index contributed by atoms with van der Waals surface area (Å²) in [5, 5.41) is 2.83. The number of nitrogens with zero attached hydrogens (tertiary/aromatic N) is 1. The zero-order chi connectivity index (χ0) is 15.7. The van der Waals surface area contributed by atoms with Crippen LogP contribution in [0.1, 0.15) is 18.4 Å². The molecule has 2 atom stereocenters. The maximum atomic E-state index is 13.7. The van der Waals surface area contributed by atoms with Crippen LogP contribution < -0.4 is 10.1 Å². The van der Waals surface area contributed by atoms with Gasteiger partial charge in [-0.15, -0.1) is 0 Å². The van der Waals surface area contributed by atoms with Crippen molar-refractivity contribution < 1.29 is 18.7 Å². The second-order valence-electron chi connectivity index (χ2n) is 5.79. The van der Waals surface area contributed by atoms with Crippen molar-refractivity contribution in [3.63, 3.8) is 0 Å². The van der Waals surface area contributed by atoms with Crippen LogP contribution in [0.5, 0.6) is 5.75 Å². The van der Waals surface area contributed by atoms with Crippen molar-refractivity contribution in [3.8, 4) is 5.75 Å². The van der Waals surface area contributed by atoms with Gasteiger partial charge in [-0.1, -0.05) is 6.07 Å². The summed E-state index contributed by atoms with van der Waals surface area (Å²) < 4.78 is 18.6. The molecule has 2 saturated heterocycles. The molecule has 0 aromatic heterocycles. The zero-order valence-electron chi connectivity index (χ0n) is 12.5. The van der Waals surface area contributed by atoms with E-state index in [0.717, 1.165) is 12.8 Å². The second kappa shape index (κ2) is 5.94. The predicted octanol–water partition coefficient (Wildman–Crippen LogP) is 1.11. The number of nitrogens with one attached hydrogen (secondary N) is 1. The average molecular weight is 306 g/mol. The van der Waals surface area contributed by atoms with E-state index in [1.807, 2.05) is 0 Å². The van der Waals surface area contributed by atoms with Crippen molar-refractivity contribution in [1.29, 1.82) is 0 Å². The molecule has 0 radical (unpaired) electrons. The summed E-state index contributed by atoms with van der Waals surface area (Å²) in [5.41, 5.74) is 0.614. The Labute approximate surface area is 128 Å². The Kier molecular flexibility index (Phi) is 4.00. The number of fused-ring (bicyclic) bond motifs is 1. The highest BCUT2D eigenvalue weighted by molar-refractivity contribution is 5.85. The summed E-state index contributed by atoms with van der Waals surface area (Å²) in [6, 6.07) is 4.49. The van der Waals surface area contributed by atoms with E-state index in [-0.39, 0.29) is 35.9 Å². The van der Waals surface area contributed by atoms with Gasteiger partial charge in [-0.3, -0.25) is 9.59 Å². The van der Waals surface area contributed by atoms with Crippen LogP contribution in [0.25, 0.3) is 0 Å². The van der Waals surface area contributed by atoms with E-state index < -0.39 is 5.82 Å². The highest BCUT2D eigenvalue weighted by atomic mass is 19.1. The highest BCUT2D eigenvalue weighted by Crippen LogP contribution is 2.28. The summed E-state index contributed by atoms with van der Waals surface area (Å²) in [6.07, 6.45) is 1.80. The molecule has 1 aromatic carbocycles. The third-order valence-electron chi connectivity index (χ3n) is 4.49. The van der Waals surface area contributed by atoms with Crippen molar-refractivity contribution >= 4 is 11.8 Å². The van der Waals surface area contributed by atoms with E-state index in [2.05, 4.69) is 5.32 Å². The van der Waals surface area contributed by atoms with Crippen molar-refractivity contribution in [2.24, 2.45) is 5.92 Å². The van der Waals surface area contributed by atoms with E-state index in [1.165, 1.54) is 19.2 Å². The number of ether oxygens (including phenoxy) is 1. The van der Waals surface area contributed by atoms with Gasteiger partial charge < -0.3 is 15.0 Å². The van der Waals surface area contributed by atoms with Crippen molar-refractivity contribution in [1.82, 2.24) is 10.2 Å². The highest BCUT2D eigenvalue weighted by Gasteiger charge is 2.42. The van der Waals surface area contributed by atoms with E-state index in [4.69, 9.17) is 4.74 Å². The molecule has 2 fully saturated rings. The normalized spacial score (nSPS) is 23.9. The summed E-state index contributed by atoms with van der Waals surface area (Å²) >= 11 is 0. The minimum Gasteiger partial charge on any atom is -0.494 e. The Morgan fingerprint density at radius 3 is 3.05 bits per heavy atom. The Balaban J connectivity index is 1.71. The Morgan fingerprint density at radius 1 is 1.50 bits per heavy atom. The maximum Gasteiger partial charge on any atom is 0.227 e. The standard InChI is InChI=1S/C16H19FN2O3/c1-22-14-5-4-10(7-12(14)17)8-15(20)19-6-2-3-11-13(19)9-18-16(11)21/h4-5,7,11,13H,2-3,6,8-9H2,1H3,(H,18,21)/t11-,13-/m1/s1. The Morgan fingerprint density at radius 2 is 2.32 bits per heavy atom. The lowest BCUT2D eigenvalue weighted by Gasteiger charge is -2.36. The number of amides is 2. The minimum atomic E-state index is -0.470. The molecular weight excluding hydrogens is 287 g/mol. The monoisotopic (exact) mass is 306 g/mol. The number of carbonyl (C=O) groups is 2. The third-order valence-corrected chi connectivity index (χ3v) is 4.49. The zero-order valence-corrected chi connectivity index (χ0v) is 12.5. The SMILES string of the molecule is COc1ccc(CC(=O)N2CCC[C@H]3C(=O)NC[C@H]32)cc1F. The number of methoxy groups -OCH3 is 1. The maximum absolute atomic E-state index is 13.7. The van der Waals surface area contributed by atoms with Gasteiger partial charge in [-0.25, -0.2) is 4.39 Å².